The fourth-order valence-electron chi connectivity index (χ4n) is 2.97. The van der Waals surface area contributed by atoms with E-state index in [0.29, 0.717) is 11.8 Å². The second-order valence-electron chi connectivity index (χ2n) is 5.33. The third-order valence-corrected chi connectivity index (χ3v) is 4.04. The third kappa shape index (κ3) is 2.51. The summed E-state index contributed by atoms with van der Waals surface area (Å²) in [6, 6.07) is 0. The molecule has 0 radical (unpaired) electrons. The van der Waals surface area contributed by atoms with Crippen LogP contribution in [0.2, 0.25) is 0 Å². The largest absolute Gasteiger partial charge is 0.381 e. The summed E-state index contributed by atoms with van der Waals surface area (Å²) in [6.07, 6.45) is 8.92. The summed E-state index contributed by atoms with van der Waals surface area (Å²) >= 11 is 0. The predicted octanol–water partition coefficient (Wildman–Crippen LogP) is 2.75. The monoisotopic (exact) mass is 235 g/mol. The average molecular weight is 235 g/mol. The van der Waals surface area contributed by atoms with Crippen LogP contribution in [0.1, 0.15) is 68.4 Å². The summed E-state index contributed by atoms with van der Waals surface area (Å²) in [5.74, 6) is 3.13. The van der Waals surface area contributed by atoms with Crippen molar-refractivity contribution < 1.29 is 4.74 Å². The SMILES string of the molecule is C1CCC(c2nc(C3CCCOC3)n[nH]2)CC1. The Morgan fingerprint density at radius 3 is 2.59 bits per heavy atom. The summed E-state index contributed by atoms with van der Waals surface area (Å²) < 4.78 is 5.50. The molecule has 1 unspecified atom stereocenters. The van der Waals surface area contributed by atoms with Gasteiger partial charge >= 0.3 is 0 Å². The molecule has 1 aromatic heterocycles. The van der Waals surface area contributed by atoms with Crippen molar-refractivity contribution in [3.05, 3.63) is 11.6 Å². The molecule has 1 aliphatic carbocycles. The Morgan fingerprint density at radius 1 is 1.00 bits per heavy atom. The highest BCUT2D eigenvalue weighted by Crippen LogP contribution is 2.31. The second-order valence-corrected chi connectivity index (χ2v) is 5.33. The van der Waals surface area contributed by atoms with Gasteiger partial charge in [-0.1, -0.05) is 19.3 Å². The first kappa shape index (κ1) is 11.2. The van der Waals surface area contributed by atoms with Crippen LogP contribution in [0.5, 0.6) is 0 Å². The molecule has 17 heavy (non-hydrogen) atoms. The van der Waals surface area contributed by atoms with Crippen molar-refractivity contribution in [1.82, 2.24) is 15.2 Å². The zero-order chi connectivity index (χ0) is 11.5. The number of aromatic nitrogens is 3. The minimum Gasteiger partial charge on any atom is -0.381 e. The van der Waals surface area contributed by atoms with Gasteiger partial charge in [0.2, 0.25) is 0 Å². The zero-order valence-electron chi connectivity index (χ0n) is 10.3. The molecule has 1 saturated heterocycles. The molecular formula is C13H21N3O. The standard InChI is InChI=1S/C13H21N3O/c1-2-5-10(6-3-1)12-14-13(16-15-12)11-7-4-8-17-9-11/h10-11H,1-9H2,(H,14,15,16). The van der Waals surface area contributed by atoms with Gasteiger partial charge < -0.3 is 4.74 Å². The predicted molar refractivity (Wildman–Crippen MR) is 65.0 cm³/mol. The maximum atomic E-state index is 5.50. The first-order chi connectivity index (χ1) is 8.43. The third-order valence-electron chi connectivity index (χ3n) is 4.04. The molecule has 0 bridgehead atoms. The Morgan fingerprint density at radius 2 is 1.82 bits per heavy atom. The van der Waals surface area contributed by atoms with Crippen LogP contribution in [0.15, 0.2) is 0 Å². The molecule has 1 N–H and O–H groups in total. The average Bonchev–Trinajstić information content (AvgIpc) is 2.90. The number of hydrogen-bond acceptors (Lipinski definition) is 3. The van der Waals surface area contributed by atoms with Crippen LogP contribution >= 0.6 is 0 Å². The van der Waals surface area contributed by atoms with Crippen molar-refractivity contribution in [2.45, 2.75) is 56.8 Å². The van der Waals surface area contributed by atoms with Crippen molar-refractivity contribution in [3.63, 3.8) is 0 Å². The molecular weight excluding hydrogens is 214 g/mol. The lowest BCUT2D eigenvalue weighted by molar-refractivity contribution is 0.0781. The van der Waals surface area contributed by atoms with Crippen LogP contribution in [0.4, 0.5) is 0 Å². The van der Waals surface area contributed by atoms with E-state index in [1.54, 1.807) is 0 Å². The Labute approximate surface area is 102 Å². The van der Waals surface area contributed by atoms with Crippen LogP contribution in [-0.2, 0) is 4.74 Å². The molecule has 1 saturated carbocycles. The highest BCUT2D eigenvalue weighted by Gasteiger charge is 2.23. The molecule has 3 rings (SSSR count). The van der Waals surface area contributed by atoms with Gasteiger partial charge in [-0.15, -0.1) is 0 Å². The lowest BCUT2D eigenvalue weighted by atomic mass is 9.89. The van der Waals surface area contributed by atoms with Gasteiger partial charge in [0.15, 0.2) is 5.82 Å². The van der Waals surface area contributed by atoms with Gasteiger partial charge in [0.1, 0.15) is 5.82 Å². The summed E-state index contributed by atoms with van der Waals surface area (Å²) in [7, 11) is 0. The number of ether oxygens (including phenoxy) is 1. The lowest BCUT2D eigenvalue weighted by Gasteiger charge is -2.20. The van der Waals surface area contributed by atoms with Crippen LogP contribution in [-0.4, -0.2) is 28.4 Å². The number of nitrogens with one attached hydrogen (secondary N) is 1. The van der Waals surface area contributed by atoms with Gasteiger partial charge in [0, 0.05) is 18.4 Å². The number of rotatable bonds is 2. The van der Waals surface area contributed by atoms with Crippen molar-refractivity contribution in [2.24, 2.45) is 0 Å². The van der Waals surface area contributed by atoms with E-state index in [2.05, 4.69) is 10.2 Å². The fraction of sp³-hybridized carbons (Fsp3) is 0.846. The molecule has 94 valence electrons. The molecule has 1 aliphatic heterocycles. The first-order valence-corrected chi connectivity index (χ1v) is 6.93. The van der Waals surface area contributed by atoms with Crippen LogP contribution in [0.3, 0.4) is 0 Å². The van der Waals surface area contributed by atoms with Gasteiger partial charge in [0.25, 0.3) is 0 Å². The van der Waals surface area contributed by atoms with E-state index in [1.807, 2.05) is 0 Å². The van der Waals surface area contributed by atoms with E-state index in [4.69, 9.17) is 9.72 Å². The molecule has 4 nitrogen and oxygen atoms in total. The quantitative estimate of drug-likeness (QED) is 0.857. The number of hydrogen-bond donors (Lipinski definition) is 1. The Kier molecular flexibility index (Phi) is 3.41. The van der Waals surface area contributed by atoms with E-state index in [1.165, 1.54) is 38.5 Å². The van der Waals surface area contributed by atoms with Crippen LogP contribution in [0, 0.1) is 0 Å². The van der Waals surface area contributed by atoms with Gasteiger partial charge in [-0.2, -0.15) is 5.10 Å². The Hall–Kier alpha value is -0.900. The molecule has 2 heterocycles. The Bertz CT molecular complexity index is 319. The summed E-state index contributed by atoms with van der Waals surface area (Å²) in [4.78, 5) is 4.71. The summed E-state index contributed by atoms with van der Waals surface area (Å²) in [5, 5.41) is 7.56. The normalized spacial score (nSPS) is 27.2. The molecule has 2 fully saturated rings. The first-order valence-electron chi connectivity index (χ1n) is 6.93. The molecule has 0 aromatic carbocycles. The van der Waals surface area contributed by atoms with Gasteiger partial charge in [-0.3, -0.25) is 5.10 Å². The maximum Gasteiger partial charge on any atom is 0.156 e. The molecule has 2 aliphatic rings. The van der Waals surface area contributed by atoms with E-state index in [0.717, 1.165) is 31.3 Å². The van der Waals surface area contributed by atoms with Crippen molar-refractivity contribution in [1.29, 1.82) is 0 Å². The molecule has 4 heteroatoms. The van der Waals surface area contributed by atoms with E-state index in [9.17, 15) is 0 Å². The van der Waals surface area contributed by atoms with Crippen molar-refractivity contribution in [2.75, 3.05) is 13.2 Å². The van der Waals surface area contributed by atoms with Crippen molar-refractivity contribution in [3.8, 4) is 0 Å². The van der Waals surface area contributed by atoms with Crippen LogP contribution in [0.25, 0.3) is 0 Å². The van der Waals surface area contributed by atoms with E-state index < -0.39 is 0 Å². The second kappa shape index (κ2) is 5.17. The summed E-state index contributed by atoms with van der Waals surface area (Å²) in [5.41, 5.74) is 0. The number of aromatic amines is 1. The van der Waals surface area contributed by atoms with Gasteiger partial charge in [-0.05, 0) is 25.7 Å². The highest BCUT2D eigenvalue weighted by atomic mass is 16.5. The molecule has 1 atom stereocenters. The van der Waals surface area contributed by atoms with Gasteiger partial charge in [-0.25, -0.2) is 4.98 Å². The maximum absolute atomic E-state index is 5.50. The Balaban J connectivity index is 1.68. The lowest BCUT2D eigenvalue weighted by Crippen LogP contribution is -2.16. The number of nitrogens with zero attached hydrogens (tertiary/aromatic N) is 2. The summed E-state index contributed by atoms with van der Waals surface area (Å²) in [6.45, 7) is 1.69. The molecule has 1 aromatic rings. The van der Waals surface area contributed by atoms with Crippen molar-refractivity contribution >= 4 is 0 Å². The minimum atomic E-state index is 0.414. The highest BCUT2D eigenvalue weighted by molar-refractivity contribution is 5.03. The van der Waals surface area contributed by atoms with Gasteiger partial charge in [0.05, 0.1) is 6.61 Å². The number of H-pyrrole nitrogens is 1. The molecule has 0 spiro atoms. The minimum absolute atomic E-state index is 0.414. The smallest absolute Gasteiger partial charge is 0.156 e. The van der Waals surface area contributed by atoms with E-state index in [-0.39, 0.29) is 0 Å². The fourth-order valence-corrected chi connectivity index (χ4v) is 2.97. The van der Waals surface area contributed by atoms with Crippen LogP contribution < -0.4 is 0 Å². The topological polar surface area (TPSA) is 50.8 Å². The van der Waals surface area contributed by atoms with E-state index >= 15 is 0 Å². The zero-order valence-corrected chi connectivity index (χ0v) is 10.3. The molecule has 0 amide bonds.